The van der Waals surface area contributed by atoms with Crippen LogP contribution in [0.1, 0.15) is 31.2 Å². The number of ether oxygens (including phenoxy) is 1. The fraction of sp³-hybridized carbons (Fsp3) is 0.556. The number of β-amino-alcohol motifs (C(OH)–C–C–N with tert-alkyl or cyclic N) is 1. The van der Waals surface area contributed by atoms with Crippen LogP contribution in [0.25, 0.3) is 0 Å². The van der Waals surface area contributed by atoms with E-state index in [0.29, 0.717) is 0 Å². The Morgan fingerprint density at radius 2 is 1.76 bits per heavy atom. The Morgan fingerprint density at radius 1 is 1.12 bits per heavy atom. The molecule has 0 aliphatic carbocycles. The Labute approximate surface area is 146 Å². The van der Waals surface area contributed by atoms with Gasteiger partial charge in [-0.25, -0.2) is 9.59 Å². The van der Waals surface area contributed by atoms with Gasteiger partial charge in [-0.2, -0.15) is 0 Å². The quantitative estimate of drug-likeness (QED) is 0.706. The third-order valence-electron chi connectivity index (χ3n) is 4.46. The average molecular weight is 351 g/mol. The van der Waals surface area contributed by atoms with E-state index in [1.54, 1.807) is 0 Å². The Balaban J connectivity index is 0.000000326. The molecule has 2 aliphatic heterocycles. The lowest BCUT2D eigenvalue weighted by Crippen LogP contribution is -2.44. The number of carboxylic acid groups (broad SMARTS) is 2. The van der Waals surface area contributed by atoms with Gasteiger partial charge >= 0.3 is 11.9 Å². The minimum Gasteiger partial charge on any atom is -0.487 e. The van der Waals surface area contributed by atoms with E-state index >= 15 is 0 Å². The Bertz CT molecular complexity index is 573. The molecule has 138 valence electrons. The largest absolute Gasteiger partial charge is 0.487 e. The van der Waals surface area contributed by atoms with Crippen LogP contribution in [0.4, 0.5) is 0 Å². The molecule has 0 amide bonds. The summed E-state index contributed by atoms with van der Waals surface area (Å²) in [7, 11) is 0. The molecule has 0 saturated carbocycles. The number of fused-ring (bicyclic) bond motifs is 1. The number of para-hydroxylation sites is 1. The van der Waals surface area contributed by atoms with Crippen molar-refractivity contribution in [3.05, 3.63) is 29.8 Å². The lowest BCUT2D eigenvalue weighted by atomic mass is 9.98. The molecule has 2 atom stereocenters. The summed E-state index contributed by atoms with van der Waals surface area (Å²) >= 11 is 0. The number of carbonyl (C=O) groups is 2. The van der Waals surface area contributed by atoms with Crippen LogP contribution in [0.5, 0.6) is 5.75 Å². The zero-order valence-electron chi connectivity index (χ0n) is 14.1. The van der Waals surface area contributed by atoms with E-state index in [0.717, 1.165) is 38.2 Å². The fourth-order valence-electron chi connectivity index (χ4n) is 3.14. The third-order valence-corrected chi connectivity index (χ3v) is 4.46. The number of aryl methyl sites for hydroxylation is 1. The minimum absolute atomic E-state index is 0.0446. The molecule has 2 unspecified atom stereocenters. The molecule has 1 fully saturated rings. The number of carboxylic acids is 2. The number of likely N-dealkylation sites (tertiary alicyclic amines) is 1. The van der Waals surface area contributed by atoms with E-state index in [1.807, 2.05) is 18.2 Å². The van der Waals surface area contributed by atoms with Crippen molar-refractivity contribution in [1.82, 2.24) is 4.90 Å². The first-order valence-electron chi connectivity index (χ1n) is 8.58. The molecule has 0 aromatic heterocycles. The maximum absolute atomic E-state index is 10.4. The van der Waals surface area contributed by atoms with Gasteiger partial charge in [0.05, 0.1) is 0 Å². The summed E-state index contributed by atoms with van der Waals surface area (Å²) in [5.74, 6) is -2.69. The topological polar surface area (TPSA) is 107 Å². The zero-order valence-corrected chi connectivity index (χ0v) is 14.1. The van der Waals surface area contributed by atoms with Crippen LogP contribution in [0.2, 0.25) is 0 Å². The Hall–Kier alpha value is -2.12. The second-order valence-corrected chi connectivity index (χ2v) is 6.34. The highest BCUT2D eigenvalue weighted by Gasteiger charge is 2.27. The van der Waals surface area contributed by atoms with E-state index in [1.165, 1.54) is 24.8 Å². The van der Waals surface area contributed by atoms with Gasteiger partial charge in [-0.05, 0) is 50.4 Å². The summed E-state index contributed by atoms with van der Waals surface area (Å²) < 4.78 is 5.96. The smallest absolute Gasteiger partial charge is 0.414 e. The maximum Gasteiger partial charge on any atom is 0.414 e. The van der Waals surface area contributed by atoms with Crippen LogP contribution in [0.3, 0.4) is 0 Å². The number of aliphatic carboxylic acids is 2. The molecule has 7 nitrogen and oxygen atoms in total. The average Bonchev–Trinajstić information content (AvgIpc) is 2.62. The van der Waals surface area contributed by atoms with Gasteiger partial charge in [-0.15, -0.1) is 0 Å². The number of rotatable bonds is 3. The number of benzene rings is 1. The molecular formula is C18H25NO6. The SMILES string of the molecule is O=C(O)C(=O)O.OC(CN1CCCCC1)C1CCc2ccccc2O1. The molecule has 2 heterocycles. The monoisotopic (exact) mass is 351 g/mol. The van der Waals surface area contributed by atoms with E-state index in [2.05, 4.69) is 11.0 Å². The number of aliphatic hydroxyl groups is 1. The highest BCUT2D eigenvalue weighted by atomic mass is 16.5. The fourth-order valence-corrected chi connectivity index (χ4v) is 3.14. The van der Waals surface area contributed by atoms with E-state index < -0.39 is 11.9 Å². The van der Waals surface area contributed by atoms with Crippen molar-refractivity contribution in [3.63, 3.8) is 0 Å². The second-order valence-electron chi connectivity index (χ2n) is 6.34. The molecule has 2 aliphatic rings. The van der Waals surface area contributed by atoms with Gasteiger partial charge < -0.3 is 25.0 Å². The number of aliphatic hydroxyl groups excluding tert-OH is 1. The van der Waals surface area contributed by atoms with Crippen molar-refractivity contribution >= 4 is 11.9 Å². The molecule has 7 heteroatoms. The Morgan fingerprint density at radius 3 is 2.40 bits per heavy atom. The summed E-state index contributed by atoms with van der Waals surface area (Å²) in [6.45, 7) is 3.01. The number of hydrogen-bond donors (Lipinski definition) is 3. The van der Waals surface area contributed by atoms with Crippen molar-refractivity contribution in [2.75, 3.05) is 19.6 Å². The van der Waals surface area contributed by atoms with Crippen molar-refractivity contribution in [2.45, 2.75) is 44.3 Å². The highest BCUT2D eigenvalue weighted by molar-refractivity contribution is 6.27. The van der Waals surface area contributed by atoms with Crippen LogP contribution in [0.15, 0.2) is 24.3 Å². The second kappa shape index (κ2) is 9.39. The van der Waals surface area contributed by atoms with Gasteiger partial charge in [0.15, 0.2) is 0 Å². The zero-order chi connectivity index (χ0) is 18.2. The number of nitrogens with zero attached hydrogens (tertiary/aromatic N) is 1. The summed E-state index contributed by atoms with van der Waals surface area (Å²) in [5.41, 5.74) is 1.27. The summed E-state index contributed by atoms with van der Waals surface area (Å²) in [4.78, 5) is 20.6. The van der Waals surface area contributed by atoms with E-state index in [9.17, 15) is 5.11 Å². The number of piperidine rings is 1. The highest BCUT2D eigenvalue weighted by Crippen LogP contribution is 2.28. The molecule has 1 aromatic rings. The van der Waals surface area contributed by atoms with Crippen molar-refractivity contribution in [3.8, 4) is 5.75 Å². The minimum atomic E-state index is -1.82. The van der Waals surface area contributed by atoms with Gasteiger partial charge in [0.25, 0.3) is 0 Å². The molecule has 0 radical (unpaired) electrons. The first-order chi connectivity index (χ1) is 12.0. The molecule has 3 rings (SSSR count). The molecular weight excluding hydrogens is 326 g/mol. The van der Waals surface area contributed by atoms with Crippen LogP contribution >= 0.6 is 0 Å². The Kier molecular flexibility index (Phi) is 7.21. The standard InChI is InChI=1S/C16H23NO2.C2H2O4/c18-14(12-17-10-4-1-5-11-17)16-9-8-13-6-2-3-7-15(13)19-16;3-1(4)2(5)6/h2-3,6-7,14,16,18H,1,4-5,8-12H2;(H,3,4)(H,5,6). The molecule has 25 heavy (non-hydrogen) atoms. The summed E-state index contributed by atoms with van der Waals surface area (Å²) in [6, 6.07) is 8.17. The molecule has 0 bridgehead atoms. The van der Waals surface area contributed by atoms with Gasteiger partial charge in [0, 0.05) is 6.54 Å². The maximum atomic E-state index is 10.4. The lowest BCUT2D eigenvalue weighted by Gasteiger charge is -2.34. The molecule has 3 N–H and O–H groups in total. The van der Waals surface area contributed by atoms with E-state index in [-0.39, 0.29) is 12.2 Å². The van der Waals surface area contributed by atoms with Gasteiger partial charge in [0.2, 0.25) is 0 Å². The van der Waals surface area contributed by atoms with Crippen molar-refractivity contribution < 1.29 is 29.6 Å². The summed E-state index contributed by atoms with van der Waals surface area (Å²) in [6.07, 6.45) is 5.38. The van der Waals surface area contributed by atoms with Gasteiger partial charge in [-0.1, -0.05) is 24.6 Å². The van der Waals surface area contributed by atoms with Gasteiger partial charge in [0.1, 0.15) is 18.0 Å². The van der Waals surface area contributed by atoms with Crippen molar-refractivity contribution in [1.29, 1.82) is 0 Å². The van der Waals surface area contributed by atoms with E-state index in [4.69, 9.17) is 24.5 Å². The van der Waals surface area contributed by atoms with Crippen LogP contribution < -0.4 is 4.74 Å². The summed E-state index contributed by atoms with van der Waals surface area (Å²) in [5, 5.41) is 25.2. The van der Waals surface area contributed by atoms with Gasteiger partial charge in [-0.3, -0.25) is 0 Å². The molecule has 1 saturated heterocycles. The number of hydrogen-bond acceptors (Lipinski definition) is 5. The predicted octanol–water partition coefficient (Wildman–Crippen LogP) is 1.38. The van der Waals surface area contributed by atoms with Crippen LogP contribution in [-0.2, 0) is 16.0 Å². The lowest BCUT2D eigenvalue weighted by molar-refractivity contribution is -0.159. The van der Waals surface area contributed by atoms with Crippen LogP contribution in [0, 0.1) is 0 Å². The van der Waals surface area contributed by atoms with Crippen LogP contribution in [-0.4, -0.2) is 64.0 Å². The third kappa shape index (κ3) is 6.03. The predicted molar refractivity (Wildman–Crippen MR) is 90.7 cm³/mol. The first-order valence-corrected chi connectivity index (χ1v) is 8.58. The first kappa shape index (κ1) is 19.2. The molecule has 0 spiro atoms. The normalized spacial score (nSPS) is 21.1. The molecule has 1 aromatic carbocycles. The van der Waals surface area contributed by atoms with Crippen molar-refractivity contribution in [2.24, 2.45) is 0 Å².